The summed E-state index contributed by atoms with van der Waals surface area (Å²) in [4.78, 5) is 13.7. The van der Waals surface area contributed by atoms with Crippen molar-refractivity contribution in [3.63, 3.8) is 0 Å². The van der Waals surface area contributed by atoms with E-state index in [0.29, 0.717) is 12.5 Å². The number of hydrogen-bond acceptors (Lipinski definition) is 3. The molecule has 0 spiro atoms. The maximum Gasteiger partial charge on any atom is 0.237 e. The van der Waals surface area contributed by atoms with Gasteiger partial charge in [0.05, 0.1) is 5.54 Å². The second-order valence-electron chi connectivity index (χ2n) is 5.72. The fraction of sp³-hybridized carbons (Fsp3) is 0.923. The van der Waals surface area contributed by atoms with E-state index in [4.69, 9.17) is 11.5 Å². The molecule has 0 heterocycles. The average molecular weight is 241 g/mol. The van der Waals surface area contributed by atoms with Gasteiger partial charge in [-0.1, -0.05) is 13.3 Å². The molecule has 4 nitrogen and oxygen atoms in total. The van der Waals surface area contributed by atoms with Crippen LogP contribution in [0.15, 0.2) is 0 Å². The summed E-state index contributed by atoms with van der Waals surface area (Å²) in [6.07, 6.45) is 4.69. The third-order valence-electron chi connectivity index (χ3n) is 4.03. The summed E-state index contributed by atoms with van der Waals surface area (Å²) in [5.41, 5.74) is 10.3. The van der Waals surface area contributed by atoms with E-state index < -0.39 is 11.4 Å². The molecule has 1 fully saturated rings. The number of nitrogens with two attached hydrogens (primary N) is 2. The van der Waals surface area contributed by atoms with Gasteiger partial charge in [-0.3, -0.25) is 4.79 Å². The summed E-state index contributed by atoms with van der Waals surface area (Å²) in [6, 6.07) is 0.308. The summed E-state index contributed by atoms with van der Waals surface area (Å²) in [5.74, 6) is 0.430. The van der Waals surface area contributed by atoms with Crippen LogP contribution in [0.2, 0.25) is 0 Å². The van der Waals surface area contributed by atoms with Crippen molar-refractivity contribution in [3.05, 3.63) is 0 Å². The van der Waals surface area contributed by atoms with Crippen molar-refractivity contribution in [1.29, 1.82) is 0 Å². The van der Waals surface area contributed by atoms with Crippen LogP contribution in [0, 0.1) is 5.92 Å². The molecular formula is C13H27N3O. The number of primary amides is 1. The Hall–Kier alpha value is -0.610. The Bertz CT molecular complexity index is 261. The molecule has 1 amide bonds. The van der Waals surface area contributed by atoms with Crippen LogP contribution in [0.25, 0.3) is 0 Å². The second-order valence-corrected chi connectivity index (χ2v) is 5.72. The topological polar surface area (TPSA) is 72.3 Å². The molecule has 0 saturated heterocycles. The third-order valence-corrected chi connectivity index (χ3v) is 4.03. The van der Waals surface area contributed by atoms with Crippen LogP contribution in [0.3, 0.4) is 0 Å². The quantitative estimate of drug-likeness (QED) is 0.701. The number of amides is 1. The Kier molecular flexibility index (Phi) is 4.95. The first-order valence-corrected chi connectivity index (χ1v) is 6.69. The van der Waals surface area contributed by atoms with Crippen molar-refractivity contribution in [1.82, 2.24) is 4.90 Å². The zero-order valence-electron chi connectivity index (χ0n) is 11.4. The minimum absolute atomic E-state index is 0.308. The number of nitrogens with zero attached hydrogens (tertiary/aromatic N) is 1. The molecule has 0 radical (unpaired) electrons. The minimum Gasteiger partial charge on any atom is -0.368 e. The van der Waals surface area contributed by atoms with Crippen LogP contribution in [0.5, 0.6) is 0 Å². The molecule has 1 rings (SSSR count). The monoisotopic (exact) mass is 241 g/mol. The van der Waals surface area contributed by atoms with Gasteiger partial charge in [-0.15, -0.1) is 0 Å². The Balaban J connectivity index is 2.47. The summed E-state index contributed by atoms with van der Waals surface area (Å²) >= 11 is 0. The molecule has 100 valence electrons. The van der Waals surface area contributed by atoms with Crippen molar-refractivity contribution in [2.75, 3.05) is 13.1 Å². The van der Waals surface area contributed by atoms with E-state index in [1.807, 2.05) is 0 Å². The molecule has 2 atom stereocenters. The van der Waals surface area contributed by atoms with Crippen LogP contribution in [-0.2, 0) is 4.79 Å². The fourth-order valence-corrected chi connectivity index (χ4v) is 2.47. The van der Waals surface area contributed by atoms with Gasteiger partial charge in [0.15, 0.2) is 0 Å². The first-order valence-electron chi connectivity index (χ1n) is 6.69. The Morgan fingerprint density at radius 3 is 2.47 bits per heavy atom. The lowest BCUT2D eigenvalue weighted by molar-refractivity contribution is -0.123. The van der Waals surface area contributed by atoms with E-state index in [1.165, 1.54) is 19.3 Å². The molecule has 4 heteroatoms. The first-order chi connectivity index (χ1) is 7.86. The molecular weight excluding hydrogens is 214 g/mol. The van der Waals surface area contributed by atoms with Crippen LogP contribution < -0.4 is 11.5 Å². The predicted molar refractivity (Wildman–Crippen MR) is 70.5 cm³/mol. The van der Waals surface area contributed by atoms with Gasteiger partial charge in [0, 0.05) is 12.6 Å². The molecule has 0 aromatic heterocycles. The van der Waals surface area contributed by atoms with Crippen LogP contribution in [0.4, 0.5) is 0 Å². The van der Waals surface area contributed by atoms with Crippen molar-refractivity contribution < 1.29 is 4.79 Å². The molecule has 1 aliphatic rings. The molecule has 1 aliphatic carbocycles. The van der Waals surface area contributed by atoms with Crippen LogP contribution in [0.1, 0.15) is 46.5 Å². The molecule has 0 aromatic carbocycles. The van der Waals surface area contributed by atoms with Crippen molar-refractivity contribution >= 4 is 5.91 Å². The van der Waals surface area contributed by atoms with Crippen molar-refractivity contribution in [2.45, 2.75) is 58.0 Å². The lowest BCUT2D eigenvalue weighted by Gasteiger charge is -2.37. The van der Waals surface area contributed by atoms with Gasteiger partial charge in [0.2, 0.25) is 5.91 Å². The molecule has 0 bridgehead atoms. The lowest BCUT2D eigenvalue weighted by Crippen LogP contribution is -2.53. The highest BCUT2D eigenvalue weighted by atomic mass is 16.1. The predicted octanol–water partition coefficient (Wildman–Crippen LogP) is 1.09. The Labute approximate surface area is 105 Å². The van der Waals surface area contributed by atoms with E-state index in [1.54, 1.807) is 6.92 Å². The molecule has 2 unspecified atom stereocenters. The average Bonchev–Trinajstić information content (AvgIpc) is 2.15. The van der Waals surface area contributed by atoms with Crippen LogP contribution in [-0.4, -0.2) is 35.5 Å². The SMILES string of the molecule is CCN(CC1CCC1)C(C)CC(C)(N)C(N)=O. The Morgan fingerprint density at radius 1 is 1.53 bits per heavy atom. The normalized spacial score (nSPS) is 21.9. The fourth-order valence-electron chi connectivity index (χ4n) is 2.47. The lowest BCUT2D eigenvalue weighted by atomic mass is 9.84. The zero-order valence-corrected chi connectivity index (χ0v) is 11.4. The number of carbonyl (C=O) groups is 1. The maximum atomic E-state index is 11.2. The highest BCUT2D eigenvalue weighted by molar-refractivity contribution is 5.83. The summed E-state index contributed by atoms with van der Waals surface area (Å²) < 4.78 is 0. The summed E-state index contributed by atoms with van der Waals surface area (Å²) in [7, 11) is 0. The number of rotatable bonds is 7. The van der Waals surface area contributed by atoms with E-state index in [9.17, 15) is 4.79 Å². The van der Waals surface area contributed by atoms with E-state index >= 15 is 0 Å². The number of carbonyl (C=O) groups excluding carboxylic acids is 1. The Morgan fingerprint density at radius 2 is 2.12 bits per heavy atom. The highest BCUT2D eigenvalue weighted by Gasteiger charge is 2.31. The second kappa shape index (κ2) is 5.83. The molecule has 1 saturated carbocycles. The van der Waals surface area contributed by atoms with Gasteiger partial charge in [-0.25, -0.2) is 0 Å². The molecule has 4 N–H and O–H groups in total. The number of hydrogen-bond donors (Lipinski definition) is 2. The van der Waals surface area contributed by atoms with Gasteiger partial charge in [0.25, 0.3) is 0 Å². The summed E-state index contributed by atoms with van der Waals surface area (Å²) in [6.45, 7) is 8.16. The molecule has 0 aromatic rings. The van der Waals surface area contributed by atoms with E-state index in [0.717, 1.165) is 19.0 Å². The molecule has 0 aliphatic heterocycles. The van der Waals surface area contributed by atoms with E-state index in [-0.39, 0.29) is 0 Å². The summed E-state index contributed by atoms with van der Waals surface area (Å²) in [5, 5.41) is 0. The van der Waals surface area contributed by atoms with Gasteiger partial charge in [-0.2, -0.15) is 0 Å². The first kappa shape index (κ1) is 14.5. The van der Waals surface area contributed by atoms with Gasteiger partial charge in [0.1, 0.15) is 0 Å². The zero-order chi connectivity index (χ0) is 13.1. The maximum absolute atomic E-state index is 11.2. The largest absolute Gasteiger partial charge is 0.368 e. The third kappa shape index (κ3) is 3.96. The highest BCUT2D eigenvalue weighted by Crippen LogP contribution is 2.28. The minimum atomic E-state index is -0.896. The van der Waals surface area contributed by atoms with Crippen LogP contribution >= 0.6 is 0 Å². The van der Waals surface area contributed by atoms with Gasteiger partial charge in [-0.05, 0) is 45.6 Å². The molecule has 17 heavy (non-hydrogen) atoms. The van der Waals surface area contributed by atoms with Gasteiger partial charge < -0.3 is 16.4 Å². The van der Waals surface area contributed by atoms with Crippen molar-refractivity contribution in [2.24, 2.45) is 17.4 Å². The smallest absolute Gasteiger partial charge is 0.237 e. The standard InChI is InChI=1S/C13H27N3O/c1-4-16(9-11-6-5-7-11)10(2)8-13(3,15)12(14)17/h10-11H,4-9,15H2,1-3H3,(H2,14,17). The van der Waals surface area contributed by atoms with Crippen molar-refractivity contribution in [3.8, 4) is 0 Å². The van der Waals surface area contributed by atoms with Gasteiger partial charge >= 0.3 is 0 Å². The van der Waals surface area contributed by atoms with E-state index in [2.05, 4.69) is 18.7 Å².